The third kappa shape index (κ3) is 4.40. The van der Waals surface area contributed by atoms with Gasteiger partial charge in [0.25, 0.3) is 0 Å². The summed E-state index contributed by atoms with van der Waals surface area (Å²) in [4.78, 5) is 0. The van der Waals surface area contributed by atoms with Gasteiger partial charge >= 0.3 is 0 Å². The van der Waals surface area contributed by atoms with Crippen LogP contribution in [0.5, 0.6) is 5.75 Å². The van der Waals surface area contributed by atoms with Crippen LogP contribution in [0.1, 0.15) is 76.7 Å². The van der Waals surface area contributed by atoms with Crippen molar-refractivity contribution in [2.75, 3.05) is 6.61 Å². The molecule has 0 heterocycles. The van der Waals surface area contributed by atoms with Gasteiger partial charge in [-0.3, -0.25) is 0 Å². The molecule has 0 bridgehead atoms. The van der Waals surface area contributed by atoms with Crippen molar-refractivity contribution in [3.63, 3.8) is 0 Å². The molecule has 0 spiro atoms. The van der Waals surface area contributed by atoms with Crippen molar-refractivity contribution >= 4 is 0 Å². The summed E-state index contributed by atoms with van der Waals surface area (Å²) in [5, 5.41) is 0. The van der Waals surface area contributed by atoms with Crippen LogP contribution < -0.4 is 4.74 Å². The molecule has 0 aliphatic heterocycles. The highest BCUT2D eigenvalue weighted by atomic mass is 19.2. The van der Waals surface area contributed by atoms with Crippen LogP contribution in [0.4, 0.5) is 8.78 Å². The quantitative estimate of drug-likeness (QED) is 0.465. The lowest BCUT2D eigenvalue weighted by atomic mass is 9.63. The average molecular weight is 413 g/mol. The standard InChI is InChI=1S/C27H34F2O/c1-3-5-18-6-7-23-17-22(13-12-21(23)16-18)19-8-10-20(11-9-19)24-14-15-25(30-4-2)27(29)26(24)28/h8-11,14-15,18,21-23H,3-7,12-13,16-17H2,1-2H3. The van der Waals surface area contributed by atoms with E-state index in [0.717, 1.165) is 17.8 Å². The molecule has 0 amide bonds. The van der Waals surface area contributed by atoms with Crippen molar-refractivity contribution in [3.05, 3.63) is 53.6 Å². The summed E-state index contributed by atoms with van der Waals surface area (Å²) in [5.74, 6) is 1.58. The van der Waals surface area contributed by atoms with Crippen molar-refractivity contribution < 1.29 is 13.5 Å². The fourth-order valence-corrected chi connectivity index (χ4v) is 5.92. The number of fused-ring (bicyclic) bond motifs is 1. The minimum absolute atomic E-state index is 0.0270. The first-order valence-corrected chi connectivity index (χ1v) is 11.8. The molecule has 0 N–H and O–H groups in total. The van der Waals surface area contributed by atoms with E-state index in [4.69, 9.17) is 4.74 Å². The van der Waals surface area contributed by atoms with Gasteiger partial charge in [0.05, 0.1) is 6.61 Å². The lowest BCUT2D eigenvalue weighted by Crippen LogP contribution is -2.30. The number of ether oxygens (including phenoxy) is 1. The third-order valence-electron chi connectivity index (χ3n) is 7.46. The second-order valence-electron chi connectivity index (χ2n) is 9.29. The zero-order chi connectivity index (χ0) is 21.1. The number of hydrogen-bond donors (Lipinski definition) is 0. The van der Waals surface area contributed by atoms with Gasteiger partial charge in [-0.2, -0.15) is 4.39 Å². The first kappa shape index (κ1) is 21.3. The maximum atomic E-state index is 14.5. The smallest absolute Gasteiger partial charge is 0.201 e. The summed E-state index contributed by atoms with van der Waals surface area (Å²) in [7, 11) is 0. The third-order valence-corrected chi connectivity index (χ3v) is 7.46. The van der Waals surface area contributed by atoms with Gasteiger partial charge in [-0.1, -0.05) is 50.5 Å². The molecule has 2 aliphatic rings. The molecule has 0 aromatic heterocycles. The van der Waals surface area contributed by atoms with Crippen molar-refractivity contribution in [2.45, 2.75) is 71.1 Å². The molecule has 2 aromatic rings. The topological polar surface area (TPSA) is 9.23 Å². The van der Waals surface area contributed by atoms with Gasteiger partial charge < -0.3 is 4.74 Å². The van der Waals surface area contributed by atoms with Gasteiger partial charge in [-0.05, 0) is 86.0 Å². The van der Waals surface area contributed by atoms with Gasteiger partial charge in [0.1, 0.15) is 0 Å². The Morgan fingerprint density at radius 1 is 0.833 bits per heavy atom. The van der Waals surface area contributed by atoms with Crippen LogP contribution in [-0.4, -0.2) is 6.61 Å². The zero-order valence-corrected chi connectivity index (χ0v) is 18.3. The molecular formula is C27H34F2O. The van der Waals surface area contributed by atoms with Crippen molar-refractivity contribution in [3.8, 4) is 16.9 Å². The van der Waals surface area contributed by atoms with E-state index in [2.05, 4.69) is 19.1 Å². The number of hydrogen-bond acceptors (Lipinski definition) is 1. The van der Waals surface area contributed by atoms with E-state index < -0.39 is 11.6 Å². The SMILES string of the molecule is CCCC1CCC2CC(c3ccc(-c4ccc(OCC)c(F)c4F)cc3)CCC2C1. The maximum Gasteiger partial charge on any atom is 0.201 e. The van der Waals surface area contributed by atoms with Crippen LogP contribution in [0.3, 0.4) is 0 Å². The monoisotopic (exact) mass is 412 g/mol. The predicted octanol–water partition coefficient (Wildman–Crippen LogP) is 8.13. The molecule has 2 aliphatic carbocycles. The number of rotatable bonds is 6. The predicted molar refractivity (Wildman–Crippen MR) is 119 cm³/mol. The first-order valence-electron chi connectivity index (χ1n) is 11.8. The summed E-state index contributed by atoms with van der Waals surface area (Å²) in [6.07, 6.45) is 10.8. The van der Waals surface area contributed by atoms with Crippen LogP contribution in [0.2, 0.25) is 0 Å². The highest BCUT2D eigenvalue weighted by Gasteiger charge is 2.35. The maximum absolute atomic E-state index is 14.5. The lowest BCUT2D eigenvalue weighted by Gasteiger charge is -2.42. The molecule has 1 nitrogen and oxygen atoms in total. The van der Waals surface area contributed by atoms with Crippen LogP contribution in [-0.2, 0) is 0 Å². The molecule has 0 saturated heterocycles. The fourth-order valence-electron chi connectivity index (χ4n) is 5.92. The van der Waals surface area contributed by atoms with Crippen LogP contribution in [0.15, 0.2) is 36.4 Å². The molecule has 4 unspecified atom stereocenters. The Labute approximate surface area is 179 Å². The second-order valence-corrected chi connectivity index (χ2v) is 9.29. The van der Waals surface area contributed by atoms with E-state index in [1.165, 1.54) is 63.0 Å². The molecule has 3 heteroatoms. The summed E-state index contributed by atoms with van der Waals surface area (Å²) >= 11 is 0. The Morgan fingerprint density at radius 3 is 2.30 bits per heavy atom. The molecule has 0 radical (unpaired) electrons. The first-order chi connectivity index (χ1) is 14.6. The number of benzene rings is 2. The molecule has 30 heavy (non-hydrogen) atoms. The lowest BCUT2D eigenvalue weighted by molar-refractivity contribution is 0.114. The Hall–Kier alpha value is -1.90. The summed E-state index contributed by atoms with van der Waals surface area (Å²) in [5.41, 5.74) is 2.35. The highest BCUT2D eigenvalue weighted by molar-refractivity contribution is 5.65. The minimum atomic E-state index is -0.907. The van der Waals surface area contributed by atoms with Gasteiger partial charge in [-0.15, -0.1) is 0 Å². The minimum Gasteiger partial charge on any atom is -0.491 e. The van der Waals surface area contributed by atoms with Crippen LogP contribution >= 0.6 is 0 Å². The normalized spacial score (nSPS) is 26.3. The van der Waals surface area contributed by atoms with E-state index in [1.54, 1.807) is 13.0 Å². The largest absolute Gasteiger partial charge is 0.491 e. The fraction of sp³-hybridized carbons (Fsp3) is 0.556. The summed E-state index contributed by atoms with van der Waals surface area (Å²) in [6, 6.07) is 11.3. The molecule has 162 valence electrons. The van der Waals surface area contributed by atoms with Gasteiger partial charge in [0.15, 0.2) is 11.6 Å². The molecule has 4 atom stereocenters. The molecule has 4 rings (SSSR count). The highest BCUT2D eigenvalue weighted by Crippen LogP contribution is 2.48. The van der Waals surface area contributed by atoms with E-state index >= 15 is 0 Å². The Morgan fingerprint density at radius 2 is 1.57 bits per heavy atom. The van der Waals surface area contributed by atoms with Crippen LogP contribution in [0, 0.1) is 29.4 Å². The molecular weight excluding hydrogens is 378 g/mol. The van der Waals surface area contributed by atoms with Gasteiger partial charge in [0.2, 0.25) is 5.82 Å². The van der Waals surface area contributed by atoms with Crippen molar-refractivity contribution in [2.24, 2.45) is 17.8 Å². The second kappa shape index (κ2) is 9.49. The van der Waals surface area contributed by atoms with E-state index in [-0.39, 0.29) is 5.75 Å². The Balaban J connectivity index is 1.44. The summed E-state index contributed by atoms with van der Waals surface area (Å²) < 4.78 is 33.9. The van der Waals surface area contributed by atoms with Crippen LogP contribution in [0.25, 0.3) is 11.1 Å². The van der Waals surface area contributed by atoms with E-state index in [1.807, 2.05) is 12.1 Å². The van der Waals surface area contributed by atoms with E-state index in [9.17, 15) is 8.78 Å². The zero-order valence-electron chi connectivity index (χ0n) is 18.3. The van der Waals surface area contributed by atoms with Gasteiger partial charge in [-0.25, -0.2) is 4.39 Å². The molecule has 2 aromatic carbocycles. The average Bonchev–Trinajstić information content (AvgIpc) is 2.77. The Kier molecular flexibility index (Phi) is 6.75. The van der Waals surface area contributed by atoms with Crippen molar-refractivity contribution in [1.29, 1.82) is 0 Å². The summed E-state index contributed by atoms with van der Waals surface area (Å²) in [6.45, 7) is 4.38. The van der Waals surface area contributed by atoms with Crippen molar-refractivity contribution in [1.82, 2.24) is 0 Å². The van der Waals surface area contributed by atoms with E-state index in [0.29, 0.717) is 23.7 Å². The Bertz CT molecular complexity index is 845. The van der Waals surface area contributed by atoms with Gasteiger partial charge in [0, 0.05) is 5.56 Å². The molecule has 2 saturated carbocycles. The number of halogens is 2. The molecule has 2 fully saturated rings.